The number of rotatable bonds is 21. The van der Waals surface area contributed by atoms with Gasteiger partial charge in [0.25, 0.3) is 0 Å². The van der Waals surface area contributed by atoms with Crippen LogP contribution in [0, 0.1) is 17.3 Å². The van der Waals surface area contributed by atoms with E-state index in [0.717, 1.165) is 49.6 Å². The Morgan fingerprint density at radius 2 is 1.48 bits per heavy atom. The molecule has 2 spiro atoms. The summed E-state index contributed by atoms with van der Waals surface area (Å²) in [6.45, 7) is 8.65. The van der Waals surface area contributed by atoms with Crippen molar-refractivity contribution < 1.29 is 42.6 Å². The third-order valence-electron chi connectivity index (χ3n) is 12.2. The number of benzene rings is 1. The average molecular weight is 646 g/mol. The lowest BCUT2D eigenvalue weighted by molar-refractivity contribution is -0.283. The van der Waals surface area contributed by atoms with Gasteiger partial charge in [-0.15, -0.1) is 0 Å². The molecule has 5 aliphatic carbocycles. The summed E-state index contributed by atoms with van der Waals surface area (Å²) in [5, 5.41) is 0. The fourth-order valence-electron chi connectivity index (χ4n) is 10.1. The lowest BCUT2D eigenvalue weighted by Gasteiger charge is -2.74. The maximum atomic E-state index is 7.13. The first-order chi connectivity index (χ1) is 22.6. The number of methoxy groups -OCH3 is 3. The van der Waals surface area contributed by atoms with E-state index in [4.69, 9.17) is 42.6 Å². The maximum Gasteiger partial charge on any atom is 0.165 e. The number of nitrogens with zero attached hydrogens (tertiary/aromatic N) is 1. The summed E-state index contributed by atoms with van der Waals surface area (Å²) in [6, 6.07) is 5.00. The van der Waals surface area contributed by atoms with Crippen LogP contribution in [-0.2, 0) is 45.0 Å². The highest BCUT2D eigenvalue weighted by Gasteiger charge is 2.80. The van der Waals surface area contributed by atoms with Gasteiger partial charge < -0.3 is 42.6 Å². The second-order valence-corrected chi connectivity index (χ2v) is 14.2. The SMILES string of the molecule is COCCOCCOCCOCCOCCOC[C@H]1CC23CCC1(OC)[C@@H]1Oc4c(OC)ccc5c4C12CCN(CC1CC1)[C@@H]3C5. The minimum Gasteiger partial charge on any atom is -0.493 e. The van der Waals surface area contributed by atoms with Crippen LogP contribution in [0.2, 0.25) is 0 Å². The maximum absolute atomic E-state index is 7.13. The summed E-state index contributed by atoms with van der Waals surface area (Å²) in [5.74, 6) is 3.01. The van der Waals surface area contributed by atoms with E-state index in [9.17, 15) is 0 Å². The van der Waals surface area contributed by atoms with Crippen molar-refractivity contribution in [1.82, 2.24) is 4.90 Å². The normalized spacial score (nSPS) is 33.7. The zero-order valence-electron chi connectivity index (χ0n) is 28.2. The summed E-state index contributed by atoms with van der Waals surface area (Å²) >= 11 is 0. The molecule has 0 N–H and O–H groups in total. The summed E-state index contributed by atoms with van der Waals surface area (Å²) < 4.78 is 53.3. The van der Waals surface area contributed by atoms with Crippen molar-refractivity contribution in [2.45, 2.75) is 68.1 Å². The molecule has 5 fully saturated rings. The fraction of sp³-hybridized carbons (Fsp3) is 0.833. The van der Waals surface area contributed by atoms with E-state index in [2.05, 4.69) is 17.0 Å². The minimum atomic E-state index is -0.379. The monoisotopic (exact) mass is 645 g/mol. The molecule has 258 valence electrons. The summed E-state index contributed by atoms with van der Waals surface area (Å²) in [7, 11) is 5.33. The van der Waals surface area contributed by atoms with Crippen LogP contribution in [-0.4, -0.2) is 130 Å². The van der Waals surface area contributed by atoms with Crippen molar-refractivity contribution in [3.63, 3.8) is 0 Å². The second-order valence-electron chi connectivity index (χ2n) is 14.2. The predicted molar refractivity (Wildman–Crippen MR) is 171 cm³/mol. The van der Waals surface area contributed by atoms with Gasteiger partial charge in [-0.3, -0.25) is 4.90 Å². The molecule has 46 heavy (non-hydrogen) atoms. The molecule has 1 aromatic rings. The van der Waals surface area contributed by atoms with Gasteiger partial charge in [-0.2, -0.15) is 0 Å². The number of ether oxygens (including phenoxy) is 9. The Balaban J connectivity index is 0.937. The van der Waals surface area contributed by atoms with Crippen LogP contribution < -0.4 is 9.47 Å². The molecule has 0 aromatic heterocycles. The van der Waals surface area contributed by atoms with Crippen LogP contribution in [0.1, 0.15) is 49.7 Å². The number of hydrogen-bond acceptors (Lipinski definition) is 10. The zero-order valence-corrected chi connectivity index (χ0v) is 28.2. The Morgan fingerprint density at radius 1 is 0.804 bits per heavy atom. The molecule has 4 bridgehead atoms. The zero-order chi connectivity index (χ0) is 31.6. The van der Waals surface area contributed by atoms with Crippen LogP contribution in [0.4, 0.5) is 0 Å². The van der Waals surface area contributed by atoms with Gasteiger partial charge in [-0.1, -0.05) is 6.07 Å². The van der Waals surface area contributed by atoms with Gasteiger partial charge in [0.1, 0.15) is 11.7 Å². The second kappa shape index (κ2) is 14.2. The van der Waals surface area contributed by atoms with E-state index in [1.54, 1.807) is 14.2 Å². The molecule has 0 amide bonds. The molecule has 0 radical (unpaired) electrons. The largest absolute Gasteiger partial charge is 0.493 e. The minimum absolute atomic E-state index is 0.0161. The van der Waals surface area contributed by atoms with Crippen LogP contribution >= 0.6 is 0 Å². The molecule has 2 aliphatic heterocycles. The van der Waals surface area contributed by atoms with Crippen molar-refractivity contribution in [1.29, 1.82) is 0 Å². The first kappa shape index (κ1) is 33.0. The lowest BCUT2D eigenvalue weighted by atomic mass is 9.35. The highest BCUT2D eigenvalue weighted by Crippen LogP contribution is 2.76. The molecule has 8 rings (SSSR count). The quantitative estimate of drug-likeness (QED) is 0.185. The lowest BCUT2D eigenvalue weighted by Crippen LogP contribution is -2.81. The van der Waals surface area contributed by atoms with E-state index in [1.807, 2.05) is 7.11 Å². The van der Waals surface area contributed by atoms with Crippen molar-refractivity contribution in [3.05, 3.63) is 23.3 Å². The number of fused-ring (bicyclic) bond motifs is 2. The summed E-state index contributed by atoms with van der Waals surface area (Å²) in [4.78, 5) is 2.88. The van der Waals surface area contributed by atoms with Gasteiger partial charge in [-0.25, -0.2) is 0 Å². The number of likely N-dealkylation sites (tertiary alicyclic amines) is 1. The fourth-order valence-corrected chi connectivity index (χ4v) is 10.1. The first-order valence-corrected chi connectivity index (χ1v) is 17.7. The average Bonchev–Trinajstić information content (AvgIpc) is 3.82. The molecular formula is C36H55NO9. The van der Waals surface area contributed by atoms with Crippen LogP contribution in [0.5, 0.6) is 11.5 Å². The molecule has 3 unspecified atom stereocenters. The van der Waals surface area contributed by atoms with Gasteiger partial charge in [-0.05, 0) is 69.0 Å². The van der Waals surface area contributed by atoms with Gasteiger partial charge in [0.15, 0.2) is 11.5 Å². The van der Waals surface area contributed by atoms with Gasteiger partial charge in [0.05, 0.1) is 79.8 Å². The van der Waals surface area contributed by atoms with E-state index in [0.29, 0.717) is 78.7 Å². The Labute approximate surface area is 274 Å². The molecule has 1 saturated heterocycles. The van der Waals surface area contributed by atoms with Gasteiger partial charge in [0.2, 0.25) is 0 Å². The van der Waals surface area contributed by atoms with E-state index >= 15 is 0 Å². The number of hydrogen-bond donors (Lipinski definition) is 0. The van der Waals surface area contributed by atoms with Crippen LogP contribution in [0.25, 0.3) is 0 Å². The highest BCUT2D eigenvalue weighted by molar-refractivity contribution is 5.63. The molecule has 10 nitrogen and oxygen atoms in total. The molecule has 2 heterocycles. The third kappa shape index (κ3) is 5.58. The molecule has 10 heteroatoms. The molecule has 1 aromatic carbocycles. The van der Waals surface area contributed by atoms with E-state index < -0.39 is 0 Å². The molecule has 7 aliphatic rings. The Kier molecular flexibility index (Phi) is 10.2. The Hall–Kier alpha value is -1.50. The molecule has 4 saturated carbocycles. The first-order valence-electron chi connectivity index (χ1n) is 17.7. The van der Waals surface area contributed by atoms with Crippen LogP contribution in [0.15, 0.2) is 12.1 Å². The van der Waals surface area contributed by atoms with Crippen molar-refractivity contribution in [3.8, 4) is 11.5 Å². The van der Waals surface area contributed by atoms with Crippen molar-refractivity contribution in [2.75, 3.05) is 107 Å². The Bertz CT molecular complexity index is 1180. The van der Waals surface area contributed by atoms with Gasteiger partial charge >= 0.3 is 0 Å². The predicted octanol–water partition coefficient (Wildman–Crippen LogP) is 3.65. The highest BCUT2D eigenvalue weighted by atomic mass is 16.6. The van der Waals surface area contributed by atoms with Gasteiger partial charge in [0, 0.05) is 49.1 Å². The summed E-state index contributed by atoms with van der Waals surface area (Å²) in [5.41, 5.74) is 2.69. The van der Waals surface area contributed by atoms with E-state index in [1.165, 1.54) is 36.9 Å². The smallest absolute Gasteiger partial charge is 0.165 e. The summed E-state index contributed by atoms with van der Waals surface area (Å²) in [6.07, 6.45) is 8.34. The number of piperidine rings is 1. The standard InChI is InChI=1S/C36H55NO9/c1-38-12-13-41-14-15-42-16-17-43-18-19-44-20-21-45-25-28-23-34-8-9-36(28,40-3)33-35(34)10-11-37(24-26-4-5-26)30(34)22-27-6-7-29(39-2)32(46-33)31(27)35/h6-7,26,28,30,33H,4-5,8-25H2,1-3H3/t28-,30-,33-,34?,35?,36?/m1/s1. The van der Waals surface area contributed by atoms with Crippen molar-refractivity contribution in [2.24, 2.45) is 17.3 Å². The topological polar surface area (TPSA) is 86.3 Å². The van der Waals surface area contributed by atoms with E-state index in [-0.39, 0.29) is 28.5 Å². The Morgan fingerprint density at radius 3 is 2.11 bits per heavy atom. The molecule has 6 atom stereocenters. The van der Waals surface area contributed by atoms with Crippen LogP contribution in [0.3, 0.4) is 0 Å². The third-order valence-corrected chi connectivity index (χ3v) is 12.2. The van der Waals surface area contributed by atoms with Crippen molar-refractivity contribution >= 4 is 0 Å². The molecular weight excluding hydrogens is 590 g/mol.